The van der Waals surface area contributed by atoms with Crippen LogP contribution in [0.25, 0.3) is 0 Å². The van der Waals surface area contributed by atoms with Gasteiger partial charge in [-0.15, -0.1) is 11.3 Å². The molecule has 5 heteroatoms. The second-order valence-corrected chi connectivity index (χ2v) is 8.11. The van der Waals surface area contributed by atoms with E-state index in [0.29, 0.717) is 11.6 Å². The number of hydrogen-bond acceptors (Lipinski definition) is 3. The van der Waals surface area contributed by atoms with Crippen molar-refractivity contribution in [2.75, 3.05) is 11.4 Å². The maximum atomic E-state index is 13.1. The number of hydrogen-bond donors (Lipinski definition) is 0. The first-order valence-corrected chi connectivity index (χ1v) is 10.2. The molecule has 1 aromatic heterocycles. The Hall–Kier alpha value is -2.30. The van der Waals surface area contributed by atoms with Crippen molar-refractivity contribution in [3.05, 3.63) is 80.5 Å². The largest absolute Gasteiger partial charge is 0.489 e. The highest BCUT2D eigenvalue weighted by Gasteiger charge is 2.24. The number of anilines is 1. The van der Waals surface area contributed by atoms with Gasteiger partial charge in [-0.25, -0.2) is 0 Å². The number of fused-ring (bicyclic) bond motifs is 1. The predicted molar refractivity (Wildman–Crippen MR) is 111 cm³/mol. The molecule has 0 bridgehead atoms. The minimum absolute atomic E-state index is 0.0683. The van der Waals surface area contributed by atoms with Gasteiger partial charge < -0.3 is 9.64 Å². The summed E-state index contributed by atoms with van der Waals surface area (Å²) >= 11 is 7.45. The molecular formula is C22H20ClNO2S. The molecule has 0 spiro atoms. The molecule has 0 unspecified atom stereocenters. The third-order valence-corrected chi connectivity index (χ3v) is 5.87. The van der Waals surface area contributed by atoms with E-state index in [2.05, 4.69) is 25.1 Å². The normalized spacial score (nSPS) is 13.3. The zero-order valence-corrected chi connectivity index (χ0v) is 16.6. The summed E-state index contributed by atoms with van der Waals surface area (Å²) in [5.41, 5.74) is 4.53. The van der Waals surface area contributed by atoms with Crippen LogP contribution < -0.4 is 9.64 Å². The van der Waals surface area contributed by atoms with E-state index in [0.717, 1.165) is 41.3 Å². The summed E-state index contributed by atoms with van der Waals surface area (Å²) in [6.45, 7) is 3.27. The van der Waals surface area contributed by atoms with E-state index in [9.17, 15) is 4.79 Å². The van der Waals surface area contributed by atoms with Crippen molar-refractivity contribution in [2.45, 2.75) is 26.4 Å². The van der Waals surface area contributed by atoms with Crippen molar-refractivity contribution in [3.8, 4) is 5.75 Å². The Morgan fingerprint density at radius 2 is 2.11 bits per heavy atom. The predicted octanol–water partition coefficient (Wildman–Crippen LogP) is 5.88. The summed E-state index contributed by atoms with van der Waals surface area (Å²) in [4.78, 5) is 15.7. The Balaban J connectivity index is 1.48. The minimum Gasteiger partial charge on any atom is -0.489 e. The van der Waals surface area contributed by atoms with Gasteiger partial charge in [-0.2, -0.15) is 0 Å². The van der Waals surface area contributed by atoms with E-state index in [1.165, 1.54) is 22.5 Å². The second kappa shape index (κ2) is 7.75. The molecule has 1 aliphatic rings. The van der Waals surface area contributed by atoms with Crippen LogP contribution in [0.1, 0.15) is 32.8 Å². The van der Waals surface area contributed by atoms with Crippen molar-refractivity contribution >= 4 is 34.5 Å². The highest BCUT2D eigenvalue weighted by Crippen LogP contribution is 2.30. The monoisotopic (exact) mass is 397 g/mol. The number of ether oxygens (including phenoxy) is 1. The van der Waals surface area contributed by atoms with E-state index < -0.39 is 0 Å². The van der Waals surface area contributed by atoms with Crippen LogP contribution in [-0.4, -0.2) is 12.5 Å². The van der Waals surface area contributed by atoms with E-state index in [4.69, 9.17) is 16.3 Å². The molecule has 2 heterocycles. The number of benzene rings is 2. The summed E-state index contributed by atoms with van der Waals surface area (Å²) < 4.78 is 5.78. The van der Waals surface area contributed by atoms with Crippen LogP contribution in [0, 0.1) is 6.92 Å². The summed E-state index contributed by atoms with van der Waals surface area (Å²) in [5.74, 6) is 0.792. The standard InChI is InChI=1S/C22H20ClNO2S/c1-15-7-8-20-17(10-15)4-3-9-24(20)22(25)21-11-16(14-27-21)13-26-19-6-2-5-18(23)12-19/h2,5-8,10-12,14H,3-4,9,13H2,1H3. The number of thiophene rings is 1. The van der Waals surface area contributed by atoms with Crippen molar-refractivity contribution in [3.63, 3.8) is 0 Å². The first kappa shape index (κ1) is 18.1. The van der Waals surface area contributed by atoms with Crippen molar-refractivity contribution in [1.29, 1.82) is 0 Å². The van der Waals surface area contributed by atoms with Gasteiger partial charge in [0.15, 0.2) is 0 Å². The van der Waals surface area contributed by atoms with Crippen LogP contribution in [-0.2, 0) is 13.0 Å². The molecule has 0 aliphatic carbocycles. The lowest BCUT2D eigenvalue weighted by molar-refractivity contribution is 0.0989. The maximum absolute atomic E-state index is 13.1. The maximum Gasteiger partial charge on any atom is 0.268 e. The topological polar surface area (TPSA) is 29.5 Å². The quantitative estimate of drug-likeness (QED) is 0.550. The van der Waals surface area contributed by atoms with Crippen molar-refractivity contribution < 1.29 is 9.53 Å². The number of carbonyl (C=O) groups excluding carboxylic acids is 1. The molecule has 27 heavy (non-hydrogen) atoms. The molecule has 1 aliphatic heterocycles. The smallest absolute Gasteiger partial charge is 0.268 e. The Morgan fingerprint density at radius 3 is 2.96 bits per heavy atom. The van der Waals surface area contributed by atoms with Gasteiger partial charge in [-0.3, -0.25) is 4.79 Å². The number of amides is 1. The van der Waals surface area contributed by atoms with Crippen LogP contribution in [0.15, 0.2) is 53.9 Å². The van der Waals surface area contributed by atoms with E-state index in [1.807, 2.05) is 34.5 Å². The first-order valence-electron chi connectivity index (χ1n) is 8.97. The third-order valence-electron chi connectivity index (χ3n) is 4.66. The van der Waals surface area contributed by atoms with Gasteiger partial charge in [0.25, 0.3) is 5.91 Å². The molecule has 1 amide bonds. The minimum atomic E-state index is 0.0683. The van der Waals surface area contributed by atoms with Gasteiger partial charge in [-0.05, 0) is 61.0 Å². The molecule has 4 rings (SSSR count). The lowest BCUT2D eigenvalue weighted by atomic mass is 9.99. The molecule has 0 fully saturated rings. The lowest BCUT2D eigenvalue weighted by Gasteiger charge is -2.29. The van der Waals surface area contributed by atoms with Gasteiger partial charge in [0.2, 0.25) is 0 Å². The van der Waals surface area contributed by atoms with Crippen molar-refractivity contribution in [1.82, 2.24) is 0 Å². The average molecular weight is 398 g/mol. The molecule has 2 aromatic carbocycles. The fourth-order valence-corrected chi connectivity index (χ4v) is 4.38. The average Bonchev–Trinajstić information content (AvgIpc) is 3.14. The van der Waals surface area contributed by atoms with Crippen LogP contribution >= 0.6 is 22.9 Å². The Kier molecular flexibility index (Phi) is 5.19. The fraction of sp³-hybridized carbons (Fsp3) is 0.227. The Labute approximate surface area is 168 Å². The Bertz CT molecular complexity index is 982. The second-order valence-electron chi connectivity index (χ2n) is 6.76. The number of carbonyl (C=O) groups is 1. The summed E-state index contributed by atoms with van der Waals surface area (Å²) in [6.07, 6.45) is 2.03. The highest BCUT2D eigenvalue weighted by atomic mass is 35.5. The summed E-state index contributed by atoms with van der Waals surface area (Å²) in [5, 5.41) is 2.63. The number of rotatable bonds is 4. The van der Waals surface area contributed by atoms with Crippen LogP contribution in [0.2, 0.25) is 5.02 Å². The molecule has 3 nitrogen and oxygen atoms in total. The van der Waals surface area contributed by atoms with Gasteiger partial charge in [-0.1, -0.05) is 35.4 Å². The third kappa shape index (κ3) is 4.02. The molecule has 3 aromatic rings. The highest BCUT2D eigenvalue weighted by molar-refractivity contribution is 7.12. The van der Waals surface area contributed by atoms with E-state index in [1.54, 1.807) is 6.07 Å². The number of aryl methyl sites for hydroxylation is 2. The lowest BCUT2D eigenvalue weighted by Crippen LogP contribution is -2.35. The van der Waals surface area contributed by atoms with Gasteiger partial charge in [0, 0.05) is 22.8 Å². The van der Waals surface area contributed by atoms with Gasteiger partial charge in [0.05, 0.1) is 4.88 Å². The van der Waals surface area contributed by atoms with E-state index >= 15 is 0 Å². The fourth-order valence-electron chi connectivity index (χ4n) is 3.36. The molecule has 0 atom stereocenters. The number of nitrogens with zero attached hydrogens (tertiary/aromatic N) is 1. The first-order chi connectivity index (χ1) is 13.1. The molecule has 0 N–H and O–H groups in total. The van der Waals surface area contributed by atoms with Gasteiger partial charge in [0.1, 0.15) is 12.4 Å². The van der Waals surface area contributed by atoms with Crippen LogP contribution in [0.4, 0.5) is 5.69 Å². The van der Waals surface area contributed by atoms with Crippen LogP contribution in [0.5, 0.6) is 5.75 Å². The zero-order chi connectivity index (χ0) is 18.8. The molecule has 0 radical (unpaired) electrons. The molecular weight excluding hydrogens is 378 g/mol. The summed E-state index contributed by atoms with van der Waals surface area (Å²) in [7, 11) is 0. The molecule has 0 saturated heterocycles. The van der Waals surface area contributed by atoms with Crippen molar-refractivity contribution in [2.24, 2.45) is 0 Å². The summed E-state index contributed by atoms with van der Waals surface area (Å²) in [6, 6.07) is 15.6. The molecule has 138 valence electrons. The number of halogens is 1. The molecule has 0 saturated carbocycles. The van der Waals surface area contributed by atoms with E-state index in [-0.39, 0.29) is 5.91 Å². The zero-order valence-electron chi connectivity index (χ0n) is 15.1. The van der Waals surface area contributed by atoms with Gasteiger partial charge >= 0.3 is 0 Å². The Morgan fingerprint density at radius 1 is 1.22 bits per heavy atom. The van der Waals surface area contributed by atoms with Crippen LogP contribution in [0.3, 0.4) is 0 Å². The SMILES string of the molecule is Cc1ccc2c(c1)CCCN2C(=O)c1cc(COc2cccc(Cl)c2)cs1.